The third-order valence-electron chi connectivity index (χ3n) is 4.71. The first-order valence-corrected chi connectivity index (χ1v) is 9.85. The van der Waals surface area contributed by atoms with Crippen LogP contribution in [-0.2, 0) is 13.0 Å². The largest absolute Gasteiger partial charge is 0.351 e. The molecule has 1 aromatic carbocycles. The first-order valence-electron chi connectivity index (χ1n) is 9.04. The Balaban J connectivity index is 1.33. The first-order chi connectivity index (χ1) is 14.2. The van der Waals surface area contributed by atoms with Gasteiger partial charge < -0.3 is 15.2 Å². The zero-order chi connectivity index (χ0) is 19.8. The molecule has 2 amide bonds. The zero-order valence-electron chi connectivity index (χ0n) is 15.1. The van der Waals surface area contributed by atoms with Gasteiger partial charge in [0.25, 0.3) is 11.8 Å². The fraction of sp³-hybridized carbons (Fsp3) is 0.150. The maximum absolute atomic E-state index is 12.6. The molecule has 0 aliphatic carbocycles. The van der Waals surface area contributed by atoms with Gasteiger partial charge in [-0.2, -0.15) is 4.98 Å². The number of hydrogen-bond acceptors (Lipinski definition) is 7. The van der Waals surface area contributed by atoms with E-state index in [0.717, 1.165) is 32.5 Å². The van der Waals surface area contributed by atoms with E-state index in [1.165, 1.54) is 11.3 Å². The zero-order valence-corrected chi connectivity index (χ0v) is 16.0. The van der Waals surface area contributed by atoms with Crippen molar-refractivity contribution in [2.45, 2.75) is 13.0 Å². The minimum absolute atomic E-state index is 0.0423. The molecule has 1 aliphatic heterocycles. The third-order valence-corrected chi connectivity index (χ3v) is 5.92. The van der Waals surface area contributed by atoms with Crippen LogP contribution in [0.15, 0.2) is 47.2 Å². The highest BCUT2D eigenvalue weighted by Gasteiger charge is 2.22. The molecule has 144 valence electrons. The summed E-state index contributed by atoms with van der Waals surface area (Å²) in [4.78, 5) is 33.7. The molecule has 2 N–H and O–H groups in total. The van der Waals surface area contributed by atoms with Gasteiger partial charge in [0, 0.05) is 34.8 Å². The van der Waals surface area contributed by atoms with E-state index < -0.39 is 0 Å². The molecule has 0 radical (unpaired) electrons. The summed E-state index contributed by atoms with van der Waals surface area (Å²) in [5.74, 6) is 0.447. The van der Waals surface area contributed by atoms with E-state index >= 15 is 0 Å². The van der Waals surface area contributed by atoms with Gasteiger partial charge in [-0.25, -0.2) is 0 Å². The average molecular weight is 405 g/mol. The highest BCUT2D eigenvalue weighted by molar-refractivity contribution is 7.21. The molecule has 9 heteroatoms. The Kier molecular flexibility index (Phi) is 4.28. The van der Waals surface area contributed by atoms with Gasteiger partial charge in [-0.1, -0.05) is 5.16 Å². The number of amides is 2. The SMILES string of the molecule is O=C(NCc1nc(-c2cccnc2)no1)c1ccc2sc3c(c2c1)CCNC3=O. The number of nitrogens with zero attached hydrogens (tertiary/aromatic N) is 3. The summed E-state index contributed by atoms with van der Waals surface area (Å²) >= 11 is 1.46. The standard InChI is InChI=1S/C20H15N5O3S/c26-19(23-10-16-24-18(25-28-16)12-2-1-6-21-9-12)11-3-4-15-14(8-11)13-5-7-22-20(27)17(13)29-15/h1-4,6,8-9H,5,7,10H2,(H,22,27)(H,23,26). The molecular weight excluding hydrogens is 390 g/mol. The van der Waals surface area contributed by atoms with Crippen LogP contribution in [0.2, 0.25) is 0 Å². The molecule has 0 spiro atoms. The summed E-state index contributed by atoms with van der Waals surface area (Å²) < 4.78 is 6.20. The summed E-state index contributed by atoms with van der Waals surface area (Å²) in [5.41, 5.74) is 2.28. The average Bonchev–Trinajstić information content (AvgIpc) is 3.38. The van der Waals surface area contributed by atoms with E-state index in [1.807, 2.05) is 18.2 Å². The lowest BCUT2D eigenvalue weighted by Crippen LogP contribution is -2.30. The van der Waals surface area contributed by atoms with Gasteiger partial charge in [-0.15, -0.1) is 11.3 Å². The molecule has 1 aliphatic rings. The lowest BCUT2D eigenvalue weighted by molar-refractivity contribution is 0.0941. The van der Waals surface area contributed by atoms with E-state index in [2.05, 4.69) is 25.8 Å². The Morgan fingerprint density at radius 1 is 1.31 bits per heavy atom. The van der Waals surface area contributed by atoms with E-state index in [4.69, 9.17) is 4.52 Å². The maximum Gasteiger partial charge on any atom is 0.261 e. The Morgan fingerprint density at radius 3 is 3.10 bits per heavy atom. The molecule has 5 rings (SSSR count). The van der Waals surface area contributed by atoms with Crippen LogP contribution in [0.25, 0.3) is 21.5 Å². The van der Waals surface area contributed by atoms with Crippen LogP contribution in [0, 0.1) is 0 Å². The topological polar surface area (TPSA) is 110 Å². The molecule has 0 saturated heterocycles. The second-order valence-electron chi connectivity index (χ2n) is 6.56. The predicted octanol–water partition coefficient (Wildman–Crippen LogP) is 2.56. The van der Waals surface area contributed by atoms with Crippen LogP contribution in [0.4, 0.5) is 0 Å². The minimum Gasteiger partial charge on any atom is -0.351 e. The van der Waals surface area contributed by atoms with Crippen molar-refractivity contribution in [2.75, 3.05) is 6.54 Å². The van der Waals surface area contributed by atoms with Gasteiger partial charge in [0.1, 0.15) is 0 Å². The number of thiophene rings is 1. The van der Waals surface area contributed by atoms with Gasteiger partial charge in [0.05, 0.1) is 11.4 Å². The number of hydrogen-bond donors (Lipinski definition) is 2. The number of pyridine rings is 1. The molecule has 29 heavy (non-hydrogen) atoms. The summed E-state index contributed by atoms with van der Waals surface area (Å²) in [6.45, 7) is 0.735. The van der Waals surface area contributed by atoms with Crippen LogP contribution >= 0.6 is 11.3 Å². The van der Waals surface area contributed by atoms with Crippen molar-refractivity contribution in [3.05, 3.63) is 64.6 Å². The number of carbonyl (C=O) groups excluding carboxylic acids is 2. The van der Waals surface area contributed by atoms with Crippen molar-refractivity contribution in [3.63, 3.8) is 0 Å². The fourth-order valence-corrected chi connectivity index (χ4v) is 4.45. The van der Waals surface area contributed by atoms with Crippen LogP contribution in [0.5, 0.6) is 0 Å². The van der Waals surface area contributed by atoms with Crippen LogP contribution < -0.4 is 10.6 Å². The third kappa shape index (κ3) is 3.25. The summed E-state index contributed by atoms with van der Waals surface area (Å²) in [6.07, 6.45) is 4.08. The highest BCUT2D eigenvalue weighted by atomic mass is 32.1. The van der Waals surface area contributed by atoms with Crippen LogP contribution in [-0.4, -0.2) is 33.5 Å². The van der Waals surface area contributed by atoms with E-state index in [1.54, 1.807) is 24.5 Å². The van der Waals surface area contributed by atoms with Gasteiger partial charge >= 0.3 is 0 Å². The van der Waals surface area contributed by atoms with Gasteiger partial charge in [-0.05, 0) is 47.7 Å². The second-order valence-corrected chi connectivity index (χ2v) is 7.61. The first kappa shape index (κ1) is 17.5. The van der Waals surface area contributed by atoms with Crippen LogP contribution in [0.1, 0.15) is 31.5 Å². The fourth-order valence-electron chi connectivity index (χ4n) is 3.30. The van der Waals surface area contributed by atoms with Gasteiger partial charge in [-0.3, -0.25) is 14.6 Å². The summed E-state index contributed by atoms with van der Waals surface area (Å²) in [6, 6.07) is 9.10. The quantitative estimate of drug-likeness (QED) is 0.540. The van der Waals surface area contributed by atoms with Crippen molar-refractivity contribution < 1.29 is 14.1 Å². The molecule has 3 aromatic heterocycles. The second kappa shape index (κ2) is 7.10. The number of fused-ring (bicyclic) bond motifs is 3. The molecular formula is C20H15N5O3S. The van der Waals surface area contributed by atoms with E-state index in [-0.39, 0.29) is 18.4 Å². The number of benzene rings is 1. The normalized spacial score (nSPS) is 13.2. The Labute approximate surface area is 169 Å². The molecule has 4 aromatic rings. The number of carbonyl (C=O) groups is 2. The van der Waals surface area contributed by atoms with Crippen molar-refractivity contribution in [2.24, 2.45) is 0 Å². The maximum atomic E-state index is 12.6. The smallest absolute Gasteiger partial charge is 0.261 e. The summed E-state index contributed by atoms with van der Waals surface area (Å²) in [5, 5.41) is 10.5. The molecule has 0 saturated carbocycles. The molecule has 0 unspecified atom stereocenters. The Hall–Kier alpha value is -3.59. The van der Waals surface area contributed by atoms with E-state index in [0.29, 0.717) is 23.8 Å². The highest BCUT2D eigenvalue weighted by Crippen LogP contribution is 2.33. The Bertz CT molecular complexity index is 1230. The predicted molar refractivity (Wildman–Crippen MR) is 107 cm³/mol. The van der Waals surface area contributed by atoms with Gasteiger partial charge in [0.2, 0.25) is 11.7 Å². The van der Waals surface area contributed by atoms with Gasteiger partial charge in [0.15, 0.2) is 0 Å². The van der Waals surface area contributed by atoms with Crippen molar-refractivity contribution in [3.8, 4) is 11.4 Å². The lowest BCUT2D eigenvalue weighted by atomic mass is 10.0. The molecule has 0 atom stereocenters. The molecule has 0 fully saturated rings. The monoisotopic (exact) mass is 405 g/mol. The molecule has 8 nitrogen and oxygen atoms in total. The number of aromatic nitrogens is 3. The molecule has 4 heterocycles. The number of nitrogens with one attached hydrogen (secondary N) is 2. The number of rotatable bonds is 4. The minimum atomic E-state index is -0.242. The van der Waals surface area contributed by atoms with E-state index in [9.17, 15) is 9.59 Å². The van der Waals surface area contributed by atoms with Crippen molar-refractivity contribution in [1.29, 1.82) is 0 Å². The Morgan fingerprint density at radius 2 is 2.24 bits per heavy atom. The lowest BCUT2D eigenvalue weighted by Gasteiger charge is -2.12. The van der Waals surface area contributed by atoms with Crippen molar-refractivity contribution in [1.82, 2.24) is 25.8 Å². The molecule has 0 bridgehead atoms. The summed E-state index contributed by atoms with van der Waals surface area (Å²) in [7, 11) is 0. The van der Waals surface area contributed by atoms with Crippen LogP contribution in [0.3, 0.4) is 0 Å². The van der Waals surface area contributed by atoms with Crippen molar-refractivity contribution >= 4 is 33.2 Å².